The number of para-hydroxylation sites is 2. The summed E-state index contributed by atoms with van der Waals surface area (Å²) >= 11 is 0. The highest BCUT2D eigenvalue weighted by atomic mass is 19.4. The van der Waals surface area contributed by atoms with Crippen LogP contribution in [0.15, 0.2) is 48.5 Å². The normalized spacial score (nSPS) is 16.9. The van der Waals surface area contributed by atoms with Crippen molar-refractivity contribution < 1.29 is 44.7 Å². The molecule has 12 heteroatoms. The first-order valence-electron chi connectivity index (χ1n) is 11.1. The molecule has 0 saturated carbocycles. The molecule has 2 heterocycles. The first-order chi connectivity index (χ1) is 16.7. The van der Waals surface area contributed by atoms with Gasteiger partial charge in [-0.1, -0.05) is 36.4 Å². The summed E-state index contributed by atoms with van der Waals surface area (Å²) in [4.78, 5) is 25.3. The molecular formula is C24H20F8N2O2. The van der Waals surface area contributed by atoms with Crippen molar-refractivity contribution in [3.05, 3.63) is 59.7 Å². The van der Waals surface area contributed by atoms with E-state index in [1.54, 1.807) is 0 Å². The molecule has 0 spiro atoms. The number of carbonyl (C=O) groups is 2. The fourth-order valence-electron chi connectivity index (χ4n) is 4.49. The SMILES string of the molecule is O=C(N1CCCc2ccccc21)C(F)(F)C(F)(F)C(F)(F)C(F)(F)C(=O)N1CCCc2ccccc21. The average Bonchev–Trinajstić information content (AvgIpc) is 2.86. The monoisotopic (exact) mass is 520 g/mol. The molecule has 0 atom stereocenters. The van der Waals surface area contributed by atoms with E-state index >= 15 is 0 Å². The van der Waals surface area contributed by atoms with Gasteiger partial charge in [-0.15, -0.1) is 0 Å². The Kier molecular flexibility index (Phi) is 6.28. The van der Waals surface area contributed by atoms with Crippen LogP contribution in [-0.2, 0) is 22.4 Å². The maximum atomic E-state index is 14.8. The standard InChI is InChI=1S/C24H20F8N2O2/c25-21(26,19(35)33-13-5-9-15-7-1-3-11-17(15)33)23(29,30)24(31,32)22(27,28)20(36)34-14-6-10-16-8-2-4-12-18(16)34/h1-4,7-8,11-12H,5-6,9-10,13-14H2. The number of amides is 2. The van der Waals surface area contributed by atoms with Crippen molar-refractivity contribution >= 4 is 23.2 Å². The highest BCUT2D eigenvalue weighted by Crippen LogP contribution is 2.54. The highest BCUT2D eigenvalue weighted by Gasteiger charge is 2.85. The van der Waals surface area contributed by atoms with Crippen molar-refractivity contribution in [2.24, 2.45) is 0 Å². The van der Waals surface area contributed by atoms with Crippen LogP contribution in [0.4, 0.5) is 46.5 Å². The summed E-state index contributed by atoms with van der Waals surface area (Å²) in [7, 11) is 0. The first kappa shape index (κ1) is 25.9. The molecule has 2 aliphatic heterocycles. The second-order valence-electron chi connectivity index (χ2n) is 8.68. The van der Waals surface area contributed by atoms with E-state index < -0.39 is 48.6 Å². The van der Waals surface area contributed by atoms with Crippen LogP contribution in [0.25, 0.3) is 0 Å². The minimum atomic E-state index is -6.90. The quantitative estimate of drug-likeness (QED) is 0.490. The Labute approximate surface area is 200 Å². The van der Waals surface area contributed by atoms with Gasteiger partial charge in [0.05, 0.1) is 0 Å². The topological polar surface area (TPSA) is 40.6 Å². The van der Waals surface area contributed by atoms with Gasteiger partial charge in [0.1, 0.15) is 0 Å². The van der Waals surface area contributed by atoms with Crippen molar-refractivity contribution in [3.8, 4) is 0 Å². The Morgan fingerprint density at radius 1 is 0.583 bits per heavy atom. The molecule has 0 aliphatic carbocycles. The van der Waals surface area contributed by atoms with Crippen LogP contribution in [0.3, 0.4) is 0 Å². The number of halogens is 8. The van der Waals surface area contributed by atoms with Gasteiger partial charge in [0.2, 0.25) is 0 Å². The number of benzene rings is 2. The Morgan fingerprint density at radius 2 is 0.917 bits per heavy atom. The van der Waals surface area contributed by atoms with Crippen LogP contribution < -0.4 is 9.80 Å². The van der Waals surface area contributed by atoms with Crippen molar-refractivity contribution in [1.29, 1.82) is 0 Å². The zero-order valence-electron chi connectivity index (χ0n) is 18.6. The predicted molar refractivity (Wildman–Crippen MR) is 114 cm³/mol. The third kappa shape index (κ3) is 3.72. The van der Waals surface area contributed by atoms with E-state index in [2.05, 4.69) is 0 Å². The zero-order valence-corrected chi connectivity index (χ0v) is 18.6. The molecule has 0 radical (unpaired) electrons. The van der Waals surface area contributed by atoms with Gasteiger partial charge in [0, 0.05) is 24.5 Å². The first-order valence-corrected chi connectivity index (χ1v) is 11.1. The lowest BCUT2D eigenvalue weighted by Crippen LogP contribution is -2.69. The fourth-order valence-corrected chi connectivity index (χ4v) is 4.49. The number of anilines is 2. The average molecular weight is 520 g/mol. The summed E-state index contributed by atoms with van der Waals surface area (Å²) in [5.41, 5.74) is 0.236. The summed E-state index contributed by atoms with van der Waals surface area (Å²) in [5.74, 6) is -31.8. The summed E-state index contributed by atoms with van der Waals surface area (Å²) < 4.78 is 118. The number of nitrogens with zero attached hydrogens (tertiary/aromatic N) is 2. The van der Waals surface area contributed by atoms with Crippen molar-refractivity contribution in [2.45, 2.75) is 49.4 Å². The third-order valence-electron chi connectivity index (χ3n) is 6.43. The van der Waals surface area contributed by atoms with Crippen LogP contribution in [0, 0.1) is 0 Å². The Bertz CT molecular complexity index is 1090. The number of aryl methyl sites for hydroxylation is 2. The van der Waals surface area contributed by atoms with Gasteiger partial charge in [-0.05, 0) is 48.9 Å². The van der Waals surface area contributed by atoms with E-state index in [0.717, 1.165) is 12.1 Å². The summed E-state index contributed by atoms with van der Waals surface area (Å²) in [6, 6.07) is 10.8. The molecule has 4 nitrogen and oxygen atoms in total. The molecule has 36 heavy (non-hydrogen) atoms. The van der Waals surface area contributed by atoms with E-state index in [4.69, 9.17) is 0 Å². The van der Waals surface area contributed by atoms with Gasteiger partial charge in [0.15, 0.2) is 0 Å². The molecule has 0 N–H and O–H groups in total. The molecule has 0 unspecified atom stereocenters. The van der Waals surface area contributed by atoms with Gasteiger partial charge in [0.25, 0.3) is 0 Å². The predicted octanol–water partition coefficient (Wildman–Crippen LogP) is 5.49. The van der Waals surface area contributed by atoms with Crippen molar-refractivity contribution in [1.82, 2.24) is 0 Å². The minimum Gasteiger partial charge on any atom is -0.307 e. The van der Waals surface area contributed by atoms with Crippen molar-refractivity contribution in [3.63, 3.8) is 0 Å². The molecular weight excluding hydrogens is 500 g/mol. The Morgan fingerprint density at radius 3 is 1.28 bits per heavy atom. The lowest BCUT2D eigenvalue weighted by Gasteiger charge is -2.40. The van der Waals surface area contributed by atoms with Crippen LogP contribution in [-0.4, -0.2) is 48.6 Å². The fraction of sp³-hybridized carbons (Fsp3) is 0.417. The number of fused-ring (bicyclic) bond motifs is 2. The Hall–Kier alpha value is -3.18. The van der Waals surface area contributed by atoms with Gasteiger partial charge in [-0.3, -0.25) is 9.59 Å². The van der Waals surface area contributed by atoms with Crippen LogP contribution >= 0.6 is 0 Å². The number of alkyl halides is 8. The lowest BCUT2D eigenvalue weighted by atomic mass is 9.94. The molecule has 0 aromatic heterocycles. The lowest BCUT2D eigenvalue weighted by molar-refractivity contribution is -0.346. The van der Waals surface area contributed by atoms with Crippen LogP contribution in [0.5, 0.6) is 0 Å². The Balaban J connectivity index is 1.68. The highest BCUT2D eigenvalue weighted by molar-refractivity contribution is 6.02. The second-order valence-corrected chi connectivity index (χ2v) is 8.68. The molecule has 2 aliphatic rings. The number of carbonyl (C=O) groups excluding carboxylic acids is 2. The third-order valence-corrected chi connectivity index (χ3v) is 6.43. The van der Waals surface area contributed by atoms with E-state index in [1.807, 2.05) is 0 Å². The van der Waals surface area contributed by atoms with Gasteiger partial charge >= 0.3 is 35.5 Å². The van der Waals surface area contributed by atoms with Crippen molar-refractivity contribution in [2.75, 3.05) is 22.9 Å². The molecule has 0 bridgehead atoms. The largest absolute Gasteiger partial charge is 0.393 e. The van der Waals surface area contributed by atoms with Gasteiger partial charge in [-0.25, -0.2) is 0 Å². The molecule has 0 fully saturated rings. The zero-order chi connectivity index (χ0) is 26.5. The molecule has 0 saturated heterocycles. The summed E-state index contributed by atoms with van der Waals surface area (Å²) in [6.07, 6.45) is 0.734. The minimum absolute atomic E-state index is 0.0593. The number of hydrogen-bond donors (Lipinski definition) is 0. The summed E-state index contributed by atoms with van der Waals surface area (Å²) in [5, 5.41) is 0. The maximum absolute atomic E-state index is 14.8. The number of rotatable bonds is 5. The van der Waals surface area contributed by atoms with Crippen LogP contribution in [0.1, 0.15) is 24.0 Å². The maximum Gasteiger partial charge on any atom is 0.393 e. The van der Waals surface area contributed by atoms with E-state index in [9.17, 15) is 44.7 Å². The van der Waals surface area contributed by atoms with E-state index in [0.29, 0.717) is 24.0 Å². The molecule has 2 amide bonds. The molecule has 2 aromatic rings. The number of hydrogen-bond acceptors (Lipinski definition) is 2. The van der Waals surface area contributed by atoms with Gasteiger partial charge in [-0.2, -0.15) is 35.1 Å². The van der Waals surface area contributed by atoms with E-state index in [1.165, 1.54) is 36.4 Å². The van der Waals surface area contributed by atoms with Gasteiger partial charge < -0.3 is 9.80 Å². The van der Waals surface area contributed by atoms with Crippen LogP contribution in [0.2, 0.25) is 0 Å². The van der Waals surface area contributed by atoms with E-state index in [-0.39, 0.29) is 34.0 Å². The molecule has 4 rings (SSSR count). The molecule has 194 valence electrons. The smallest absolute Gasteiger partial charge is 0.307 e. The second kappa shape index (κ2) is 8.74. The molecule has 2 aromatic carbocycles. The summed E-state index contributed by atoms with van der Waals surface area (Å²) in [6.45, 7) is -1.01.